The highest BCUT2D eigenvalue weighted by Gasteiger charge is 2.15. The molecule has 3 rings (SSSR count). The molecule has 0 saturated carbocycles. The van der Waals surface area contributed by atoms with E-state index in [0.29, 0.717) is 12.1 Å². The van der Waals surface area contributed by atoms with E-state index in [1.807, 2.05) is 31.2 Å². The predicted molar refractivity (Wildman–Crippen MR) is 107 cm³/mol. The third-order valence-electron chi connectivity index (χ3n) is 4.75. The van der Waals surface area contributed by atoms with Crippen molar-refractivity contribution >= 4 is 5.91 Å². The van der Waals surface area contributed by atoms with Crippen LogP contribution in [-0.4, -0.2) is 29.3 Å². The van der Waals surface area contributed by atoms with Crippen molar-refractivity contribution in [2.45, 2.75) is 27.2 Å². The van der Waals surface area contributed by atoms with Crippen molar-refractivity contribution in [1.82, 2.24) is 15.1 Å². The van der Waals surface area contributed by atoms with E-state index in [2.05, 4.69) is 42.5 Å². The zero-order chi connectivity index (χ0) is 19.4. The van der Waals surface area contributed by atoms with Gasteiger partial charge in [0.2, 0.25) is 0 Å². The lowest BCUT2D eigenvalue weighted by Gasteiger charge is -2.09. The first-order chi connectivity index (χ1) is 13.0. The second-order valence-electron chi connectivity index (χ2n) is 6.69. The molecule has 0 spiro atoms. The van der Waals surface area contributed by atoms with Crippen LogP contribution in [0.3, 0.4) is 0 Å². The van der Waals surface area contributed by atoms with Crippen molar-refractivity contribution < 1.29 is 9.53 Å². The van der Waals surface area contributed by atoms with E-state index in [1.165, 1.54) is 16.7 Å². The molecule has 140 valence electrons. The highest BCUT2D eigenvalue weighted by Crippen LogP contribution is 2.18. The molecule has 0 aliphatic heterocycles. The summed E-state index contributed by atoms with van der Waals surface area (Å²) in [6.45, 7) is 6.68. The molecule has 0 fully saturated rings. The van der Waals surface area contributed by atoms with Crippen LogP contribution in [0.2, 0.25) is 0 Å². The molecule has 1 N–H and O–H groups in total. The number of methoxy groups -OCH3 is 1. The molecule has 1 amide bonds. The number of hydrogen-bond acceptors (Lipinski definition) is 3. The Bertz CT molecular complexity index is 943. The van der Waals surface area contributed by atoms with Crippen LogP contribution in [0, 0.1) is 20.8 Å². The molecule has 0 aliphatic rings. The van der Waals surface area contributed by atoms with E-state index in [4.69, 9.17) is 4.74 Å². The lowest BCUT2D eigenvalue weighted by atomic mass is 10.0. The van der Waals surface area contributed by atoms with Crippen LogP contribution < -0.4 is 10.1 Å². The lowest BCUT2D eigenvalue weighted by Crippen LogP contribution is -2.26. The second kappa shape index (κ2) is 8.08. The molecule has 27 heavy (non-hydrogen) atoms. The van der Waals surface area contributed by atoms with Gasteiger partial charge in [0, 0.05) is 6.54 Å². The first-order valence-electron chi connectivity index (χ1n) is 9.03. The van der Waals surface area contributed by atoms with Gasteiger partial charge in [0.05, 0.1) is 30.3 Å². The van der Waals surface area contributed by atoms with E-state index in [-0.39, 0.29) is 5.91 Å². The van der Waals surface area contributed by atoms with Crippen LogP contribution in [0.4, 0.5) is 0 Å². The largest absolute Gasteiger partial charge is 0.497 e. The van der Waals surface area contributed by atoms with Crippen LogP contribution in [0.25, 0.3) is 5.69 Å². The Hall–Kier alpha value is -3.08. The number of hydrogen-bond donors (Lipinski definition) is 1. The maximum atomic E-state index is 12.6. The molecule has 0 atom stereocenters. The summed E-state index contributed by atoms with van der Waals surface area (Å²) < 4.78 is 6.94. The maximum Gasteiger partial charge on any atom is 0.254 e. The second-order valence-corrected chi connectivity index (χ2v) is 6.69. The minimum absolute atomic E-state index is 0.1000. The molecular weight excluding hydrogens is 338 g/mol. The number of rotatable bonds is 6. The van der Waals surface area contributed by atoms with Gasteiger partial charge in [-0.25, -0.2) is 4.68 Å². The minimum atomic E-state index is -0.1000. The Balaban J connectivity index is 1.65. The number of nitrogens with zero attached hydrogens (tertiary/aromatic N) is 2. The Morgan fingerprint density at radius 2 is 1.85 bits per heavy atom. The number of benzene rings is 2. The molecule has 2 aromatic carbocycles. The number of aromatic nitrogens is 2. The van der Waals surface area contributed by atoms with Crippen LogP contribution in [-0.2, 0) is 6.42 Å². The molecule has 0 radical (unpaired) electrons. The van der Waals surface area contributed by atoms with Gasteiger partial charge in [0.15, 0.2) is 0 Å². The fourth-order valence-corrected chi connectivity index (χ4v) is 3.15. The molecule has 5 nitrogen and oxygen atoms in total. The van der Waals surface area contributed by atoms with Gasteiger partial charge in [0.1, 0.15) is 5.75 Å². The number of carbonyl (C=O) groups excluding carboxylic acids is 1. The fraction of sp³-hybridized carbons (Fsp3) is 0.273. The average molecular weight is 363 g/mol. The summed E-state index contributed by atoms with van der Waals surface area (Å²) in [5.41, 5.74) is 6.06. The summed E-state index contributed by atoms with van der Waals surface area (Å²) in [7, 11) is 1.63. The predicted octanol–water partition coefficient (Wildman–Crippen LogP) is 3.78. The quantitative estimate of drug-likeness (QED) is 0.725. The van der Waals surface area contributed by atoms with E-state index in [0.717, 1.165) is 23.6 Å². The van der Waals surface area contributed by atoms with Gasteiger partial charge in [-0.3, -0.25) is 4.79 Å². The highest BCUT2D eigenvalue weighted by molar-refractivity contribution is 5.95. The fourth-order valence-electron chi connectivity index (χ4n) is 3.15. The number of ether oxygens (including phenoxy) is 1. The topological polar surface area (TPSA) is 56.2 Å². The summed E-state index contributed by atoms with van der Waals surface area (Å²) in [5, 5.41) is 7.37. The molecule has 0 bridgehead atoms. The van der Waals surface area contributed by atoms with Crippen molar-refractivity contribution in [1.29, 1.82) is 0 Å². The molecule has 5 heteroatoms. The lowest BCUT2D eigenvalue weighted by molar-refractivity contribution is 0.0953. The summed E-state index contributed by atoms with van der Waals surface area (Å²) in [5.74, 6) is 0.685. The number of amides is 1. The van der Waals surface area contributed by atoms with Gasteiger partial charge >= 0.3 is 0 Å². The molecular formula is C22H25N3O2. The van der Waals surface area contributed by atoms with Crippen molar-refractivity contribution in [3.05, 3.63) is 76.6 Å². The Morgan fingerprint density at radius 1 is 1.11 bits per heavy atom. The van der Waals surface area contributed by atoms with Crippen molar-refractivity contribution in [3.63, 3.8) is 0 Å². The standard InChI is InChI=1S/C22H25N3O2/c1-15-5-6-18(16(2)13-15)11-12-23-22(26)21-14-24-25(17(21)3)19-7-9-20(27-4)10-8-19/h5-10,13-14H,11-12H2,1-4H3,(H,23,26). The third kappa shape index (κ3) is 4.19. The third-order valence-corrected chi connectivity index (χ3v) is 4.75. The van der Waals surface area contributed by atoms with Gasteiger partial charge < -0.3 is 10.1 Å². The van der Waals surface area contributed by atoms with Gasteiger partial charge in [-0.05, 0) is 62.6 Å². The smallest absolute Gasteiger partial charge is 0.254 e. The number of carbonyl (C=O) groups is 1. The molecule has 0 aliphatic carbocycles. The highest BCUT2D eigenvalue weighted by atomic mass is 16.5. The van der Waals surface area contributed by atoms with Crippen LogP contribution in [0.5, 0.6) is 5.75 Å². The van der Waals surface area contributed by atoms with Crippen LogP contribution >= 0.6 is 0 Å². The number of nitrogens with one attached hydrogen (secondary N) is 1. The van der Waals surface area contributed by atoms with Gasteiger partial charge in [-0.15, -0.1) is 0 Å². The first kappa shape index (κ1) is 18.7. The monoisotopic (exact) mass is 363 g/mol. The van der Waals surface area contributed by atoms with E-state index in [9.17, 15) is 4.79 Å². The summed E-state index contributed by atoms with van der Waals surface area (Å²) in [6.07, 6.45) is 2.43. The summed E-state index contributed by atoms with van der Waals surface area (Å²) in [4.78, 5) is 12.6. The zero-order valence-electron chi connectivity index (χ0n) is 16.2. The van der Waals surface area contributed by atoms with Gasteiger partial charge in [-0.2, -0.15) is 5.10 Å². The Kier molecular flexibility index (Phi) is 5.60. The van der Waals surface area contributed by atoms with Gasteiger partial charge in [0.25, 0.3) is 5.91 Å². The van der Waals surface area contributed by atoms with E-state index < -0.39 is 0 Å². The molecule has 0 saturated heterocycles. The van der Waals surface area contributed by atoms with Gasteiger partial charge in [-0.1, -0.05) is 23.8 Å². The molecule has 0 unspecified atom stereocenters. The number of aryl methyl sites for hydroxylation is 2. The average Bonchev–Trinajstić information content (AvgIpc) is 3.05. The van der Waals surface area contributed by atoms with E-state index in [1.54, 1.807) is 18.0 Å². The van der Waals surface area contributed by atoms with Crippen molar-refractivity contribution in [2.75, 3.05) is 13.7 Å². The first-order valence-corrected chi connectivity index (χ1v) is 9.03. The van der Waals surface area contributed by atoms with Crippen LogP contribution in [0.15, 0.2) is 48.7 Å². The molecule has 3 aromatic rings. The molecule has 1 aromatic heterocycles. The molecule has 1 heterocycles. The van der Waals surface area contributed by atoms with Crippen LogP contribution in [0.1, 0.15) is 32.7 Å². The van der Waals surface area contributed by atoms with E-state index >= 15 is 0 Å². The Morgan fingerprint density at radius 3 is 2.52 bits per heavy atom. The normalized spacial score (nSPS) is 10.7. The zero-order valence-corrected chi connectivity index (χ0v) is 16.2. The van der Waals surface area contributed by atoms with Crippen molar-refractivity contribution in [3.8, 4) is 11.4 Å². The Labute approximate surface area is 160 Å². The minimum Gasteiger partial charge on any atom is -0.497 e. The van der Waals surface area contributed by atoms with Crippen molar-refractivity contribution in [2.24, 2.45) is 0 Å². The maximum absolute atomic E-state index is 12.6. The summed E-state index contributed by atoms with van der Waals surface area (Å²) in [6, 6.07) is 14.0. The summed E-state index contributed by atoms with van der Waals surface area (Å²) >= 11 is 0. The SMILES string of the molecule is COc1ccc(-n2ncc(C(=O)NCCc3ccc(C)cc3C)c2C)cc1.